The molecule has 0 saturated carbocycles. The normalized spacial score (nSPS) is 10.3. The van der Waals surface area contributed by atoms with Crippen LogP contribution in [0.15, 0.2) is 53.0 Å². The van der Waals surface area contributed by atoms with E-state index in [1.807, 2.05) is 48.5 Å². The maximum atomic E-state index is 11.7. The number of hydrogen-bond acceptors (Lipinski definition) is 3. The van der Waals surface area contributed by atoms with Gasteiger partial charge < -0.3 is 15.8 Å². The minimum atomic E-state index is -0.172. The van der Waals surface area contributed by atoms with Gasteiger partial charge in [0.2, 0.25) is 5.91 Å². The van der Waals surface area contributed by atoms with E-state index in [0.717, 1.165) is 21.4 Å². The lowest BCUT2D eigenvalue weighted by Gasteiger charge is -2.08. The number of amides is 1. The number of carbonyl (C=O) groups excluding carboxylic acids is 1. The van der Waals surface area contributed by atoms with Gasteiger partial charge in [0.25, 0.3) is 0 Å². The fourth-order valence-corrected chi connectivity index (χ4v) is 2.27. The van der Waals surface area contributed by atoms with Crippen molar-refractivity contribution in [3.8, 4) is 0 Å². The van der Waals surface area contributed by atoms with E-state index < -0.39 is 0 Å². The molecular formula is C16H17BrN2O2. The molecule has 0 saturated heterocycles. The molecule has 0 bridgehead atoms. The van der Waals surface area contributed by atoms with Gasteiger partial charge in [0, 0.05) is 15.8 Å². The van der Waals surface area contributed by atoms with Crippen molar-refractivity contribution < 1.29 is 9.53 Å². The Hall–Kier alpha value is -1.85. The molecule has 21 heavy (non-hydrogen) atoms. The number of para-hydroxylation sites is 1. The lowest BCUT2D eigenvalue weighted by molar-refractivity contribution is -0.120. The fourth-order valence-electron chi connectivity index (χ4n) is 1.87. The van der Waals surface area contributed by atoms with Crippen LogP contribution in [0, 0.1) is 0 Å². The Kier molecular flexibility index (Phi) is 5.78. The van der Waals surface area contributed by atoms with Gasteiger partial charge in [-0.15, -0.1) is 0 Å². The summed E-state index contributed by atoms with van der Waals surface area (Å²) in [4.78, 5) is 11.7. The third-order valence-electron chi connectivity index (χ3n) is 2.91. The Morgan fingerprint density at radius 2 is 2.00 bits per heavy atom. The fraction of sp³-hybridized carbons (Fsp3) is 0.188. The van der Waals surface area contributed by atoms with Gasteiger partial charge in [-0.25, -0.2) is 0 Å². The van der Waals surface area contributed by atoms with E-state index in [0.29, 0.717) is 13.0 Å². The molecule has 5 heteroatoms. The van der Waals surface area contributed by atoms with E-state index >= 15 is 0 Å². The molecule has 0 unspecified atom stereocenters. The molecular weight excluding hydrogens is 332 g/mol. The molecule has 0 aromatic heterocycles. The monoisotopic (exact) mass is 348 g/mol. The van der Waals surface area contributed by atoms with Crippen LogP contribution in [0.3, 0.4) is 0 Å². The average molecular weight is 349 g/mol. The first-order chi connectivity index (χ1) is 10.1. The number of ether oxygens (including phenoxy) is 1. The molecule has 0 fully saturated rings. The third-order valence-corrected chi connectivity index (χ3v) is 3.41. The van der Waals surface area contributed by atoms with Crippen LogP contribution in [0.5, 0.6) is 0 Å². The summed E-state index contributed by atoms with van der Waals surface area (Å²) in [6, 6.07) is 15.1. The van der Waals surface area contributed by atoms with Crippen LogP contribution in [-0.2, 0) is 16.0 Å². The zero-order valence-corrected chi connectivity index (χ0v) is 13.1. The van der Waals surface area contributed by atoms with E-state index in [2.05, 4.69) is 21.2 Å². The summed E-state index contributed by atoms with van der Waals surface area (Å²) in [6.45, 7) is 0.485. The van der Waals surface area contributed by atoms with Crippen LogP contribution < -0.4 is 11.1 Å². The molecule has 4 nitrogen and oxygen atoms in total. The predicted octanol–water partition coefficient (Wildman–Crippen LogP) is 3.23. The van der Waals surface area contributed by atoms with Crippen LogP contribution in [0.25, 0.3) is 0 Å². The van der Waals surface area contributed by atoms with Crippen LogP contribution in [0.2, 0.25) is 0 Å². The summed E-state index contributed by atoms with van der Waals surface area (Å²) < 4.78 is 6.29. The van der Waals surface area contributed by atoms with Gasteiger partial charge >= 0.3 is 0 Å². The second-order valence-corrected chi connectivity index (χ2v) is 5.48. The number of carbonyl (C=O) groups is 1. The highest BCUT2D eigenvalue weighted by Gasteiger charge is 2.03. The number of halogens is 1. The van der Waals surface area contributed by atoms with Gasteiger partial charge in [-0.2, -0.15) is 0 Å². The zero-order valence-electron chi connectivity index (χ0n) is 11.5. The number of rotatable bonds is 6. The second kappa shape index (κ2) is 7.81. The number of hydrogen-bond donors (Lipinski definition) is 2. The molecule has 2 rings (SSSR count). The Labute approximate surface area is 132 Å². The molecule has 1 amide bonds. The topological polar surface area (TPSA) is 64.3 Å². The largest absolute Gasteiger partial charge is 0.399 e. The Morgan fingerprint density at radius 3 is 2.76 bits per heavy atom. The van der Waals surface area contributed by atoms with E-state index in [1.54, 1.807) is 0 Å². The smallest absolute Gasteiger partial charge is 0.250 e. The number of anilines is 2. The second-order valence-electron chi connectivity index (χ2n) is 4.56. The highest BCUT2D eigenvalue weighted by atomic mass is 79.9. The maximum absolute atomic E-state index is 11.7. The summed E-state index contributed by atoms with van der Waals surface area (Å²) in [5.41, 5.74) is 8.36. The molecule has 3 N–H and O–H groups in total. The van der Waals surface area contributed by atoms with Gasteiger partial charge in [-0.1, -0.05) is 40.2 Å². The van der Waals surface area contributed by atoms with Crippen molar-refractivity contribution in [1.82, 2.24) is 0 Å². The Morgan fingerprint density at radius 1 is 1.19 bits per heavy atom. The maximum Gasteiger partial charge on any atom is 0.250 e. The molecule has 0 radical (unpaired) electrons. The molecule has 0 atom stereocenters. The number of benzene rings is 2. The SMILES string of the molecule is Nc1ccccc1CCOCC(=O)Nc1cccc(Br)c1. The van der Waals surface area contributed by atoms with Crippen molar-refractivity contribution in [3.05, 3.63) is 58.6 Å². The van der Waals surface area contributed by atoms with Gasteiger partial charge in [0.15, 0.2) is 0 Å². The van der Waals surface area contributed by atoms with E-state index in [4.69, 9.17) is 10.5 Å². The van der Waals surface area contributed by atoms with Crippen molar-refractivity contribution in [2.75, 3.05) is 24.3 Å². The van der Waals surface area contributed by atoms with Gasteiger partial charge in [-0.05, 0) is 36.2 Å². The summed E-state index contributed by atoms with van der Waals surface area (Å²) in [5.74, 6) is -0.172. The number of nitrogens with one attached hydrogen (secondary N) is 1. The van der Waals surface area contributed by atoms with Crippen molar-refractivity contribution in [2.45, 2.75) is 6.42 Å². The van der Waals surface area contributed by atoms with Crippen LogP contribution >= 0.6 is 15.9 Å². The summed E-state index contributed by atoms with van der Waals surface area (Å²) in [7, 11) is 0. The summed E-state index contributed by atoms with van der Waals surface area (Å²) in [6.07, 6.45) is 0.691. The Bertz CT molecular complexity index is 617. The highest BCUT2D eigenvalue weighted by Crippen LogP contribution is 2.15. The minimum Gasteiger partial charge on any atom is -0.399 e. The number of nitrogen functional groups attached to an aromatic ring is 1. The first-order valence-corrected chi connectivity index (χ1v) is 7.41. The first kappa shape index (κ1) is 15.5. The molecule has 110 valence electrons. The van der Waals surface area contributed by atoms with Crippen molar-refractivity contribution >= 4 is 33.2 Å². The van der Waals surface area contributed by atoms with E-state index in [-0.39, 0.29) is 12.5 Å². The summed E-state index contributed by atoms with van der Waals surface area (Å²) >= 11 is 3.35. The van der Waals surface area contributed by atoms with E-state index in [1.165, 1.54) is 0 Å². The first-order valence-electron chi connectivity index (χ1n) is 6.61. The molecule has 2 aromatic carbocycles. The average Bonchev–Trinajstić information content (AvgIpc) is 2.45. The standard InChI is InChI=1S/C16H17BrN2O2/c17-13-5-3-6-14(10-13)19-16(20)11-21-9-8-12-4-1-2-7-15(12)18/h1-7,10H,8-9,11,18H2,(H,19,20). The van der Waals surface area contributed by atoms with Crippen LogP contribution in [0.4, 0.5) is 11.4 Å². The molecule has 2 aromatic rings. The predicted molar refractivity (Wildman–Crippen MR) is 88.1 cm³/mol. The van der Waals surface area contributed by atoms with E-state index in [9.17, 15) is 4.79 Å². The lowest BCUT2D eigenvalue weighted by Crippen LogP contribution is -2.19. The number of nitrogens with two attached hydrogens (primary N) is 1. The molecule has 0 aliphatic heterocycles. The molecule has 0 heterocycles. The quantitative estimate of drug-likeness (QED) is 0.622. The van der Waals surface area contributed by atoms with Crippen LogP contribution in [-0.4, -0.2) is 19.1 Å². The van der Waals surface area contributed by atoms with Crippen molar-refractivity contribution in [2.24, 2.45) is 0 Å². The van der Waals surface area contributed by atoms with Gasteiger partial charge in [0.1, 0.15) is 6.61 Å². The molecule has 0 spiro atoms. The van der Waals surface area contributed by atoms with Gasteiger partial charge in [0.05, 0.1) is 6.61 Å². The lowest BCUT2D eigenvalue weighted by atomic mass is 10.1. The van der Waals surface area contributed by atoms with Gasteiger partial charge in [-0.3, -0.25) is 4.79 Å². The summed E-state index contributed by atoms with van der Waals surface area (Å²) in [5, 5.41) is 2.77. The highest BCUT2D eigenvalue weighted by molar-refractivity contribution is 9.10. The van der Waals surface area contributed by atoms with Crippen LogP contribution in [0.1, 0.15) is 5.56 Å². The zero-order chi connectivity index (χ0) is 15.1. The Balaban J connectivity index is 1.71. The van der Waals surface area contributed by atoms with Crippen molar-refractivity contribution in [1.29, 1.82) is 0 Å². The molecule has 0 aliphatic carbocycles. The minimum absolute atomic E-state index is 0.0270. The molecule has 0 aliphatic rings. The third kappa shape index (κ3) is 5.21. The van der Waals surface area contributed by atoms with Crippen molar-refractivity contribution in [3.63, 3.8) is 0 Å².